The highest BCUT2D eigenvalue weighted by Gasteiger charge is 2.28. The van der Waals surface area contributed by atoms with Crippen LogP contribution in [-0.4, -0.2) is 86.2 Å². The van der Waals surface area contributed by atoms with Crippen molar-refractivity contribution in [1.29, 1.82) is 0 Å². The second kappa shape index (κ2) is 7.91. The maximum absolute atomic E-state index is 3.48. The summed E-state index contributed by atoms with van der Waals surface area (Å²) in [6.45, 7) is 15.2. The summed E-state index contributed by atoms with van der Waals surface area (Å²) in [5.74, 6) is 0.955. The van der Waals surface area contributed by atoms with E-state index < -0.39 is 0 Å². The number of piperazine rings is 1. The second-order valence-electron chi connectivity index (χ2n) is 7.20. The number of likely N-dealkylation sites (tertiary alicyclic amines) is 1. The van der Waals surface area contributed by atoms with Gasteiger partial charge in [-0.05, 0) is 64.3 Å². The normalized spacial score (nSPS) is 29.0. The summed E-state index contributed by atoms with van der Waals surface area (Å²) in [5.41, 5.74) is 0. The van der Waals surface area contributed by atoms with Gasteiger partial charge in [-0.2, -0.15) is 0 Å². The predicted octanol–water partition coefficient (Wildman–Crippen LogP) is 1.09. The Morgan fingerprint density at radius 2 is 1.48 bits per heavy atom. The van der Waals surface area contributed by atoms with Crippen LogP contribution >= 0.6 is 0 Å². The van der Waals surface area contributed by atoms with E-state index in [1.807, 2.05) is 0 Å². The Morgan fingerprint density at radius 3 is 2.10 bits per heavy atom. The van der Waals surface area contributed by atoms with Crippen molar-refractivity contribution < 1.29 is 0 Å². The van der Waals surface area contributed by atoms with Crippen molar-refractivity contribution in [2.75, 3.05) is 65.4 Å². The molecule has 3 aliphatic rings. The number of likely N-dealkylation sites (N-methyl/N-ethyl adjacent to an activating group) is 1. The Morgan fingerprint density at radius 1 is 0.810 bits per heavy atom. The van der Waals surface area contributed by atoms with Gasteiger partial charge in [0.15, 0.2) is 0 Å². The Hall–Kier alpha value is -0.160. The molecule has 1 N–H and O–H groups in total. The van der Waals surface area contributed by atoms with Crippen molar-refractivity contribution >= 4 is 0 Å². The van der Waals surface area contributed by atoms with E-state index in [4.69, 9.17) is 0 Å². The minimum atomic E-state index is 0.869. The first-order valence-corrected chi connectivity index (χ1v) is 9.24. The van der Waals surface area contributed by atoms with Gasteiger partial charge in [-0.15, -0.1) is 0 Å². The van der Waals surface area contributed by atoms with E-state index in [0.717, 1.165) is 12.0 Å². The van der Waals surface area contributed by atoms with Crippen LogP contribution in [0, 0.1) is 5.92 Å². The summed E-state index contributed by atoms with van der Waals surface area (Å²) in [6, 6.07) is 0.869. The van der Waals surface area contributed by atoms with Crippen molar-refractivity contribution in [2.45, 2.75) is 38.6 Å². The Balaban J connectivity index is 1.37. The first-order valence-electron chi connectivity index (χ1n) is 9.24. The monoisotopic (exact) mass is 294 g/mol. The van der Waals surface area contributed by atoms with Crippen molar-refractivity contribution in [3.63, 3.8) is 0 Å². The summed E-state index contributed by atoms with van der Waals surface area (Å²) in [4.78, 5) is 8.10. The second-order valence-corrected chi connectivity index (χ2v) is 7.20. The predicted molar refractivity (Wildman–Crippen MR) is 88.7 cm³/mol. The largest absolute Gasteiger partial charge is 0.317 e. The Kier molecular flexibility index (Phi) is 5.92. The number of nitrogens with one attached hydrogen (secondary N) is 1. The average molecular weight is 294 g/mol. The van der Waals surface area contributed by atoms with Crippen LogP contribution in [0.4, 0.5) is 0 Å². The summed E-state index contributed by atoms with van der Waals surface area (Å²) in [7, 11) is 0. The number of rotatable bonds is 4. The smallest absolute Gasteiger partial charge is 0.0121 e. The van der Waals surface area contributed by atoms with E-state index in [1.165, 1.54) is 91.1 Å². The molecular formula is C17H34N4. The van der Waals surface area contributed by atoms with Crippen LogP contribution in [0.15, 0.2) is 0 Å². The standard InChI is InChI=1S/C17H34N4/c1-2-19-11-13-21(14-12-19)17-5-9-20(10-6-17)15-16-3-7-18-8-4-16/h16-18H,2-15H2,1H3. The van der Waals surface area contributed by atoms with Crippen LogP contribution in [-0.2, 0) is 0 Å². The van der Waals surface area contributed by atoms with E-state index in [9.17, 15) is 0 Å². The first kappa shape index (κ1) is 15.7. The molecule has 3 heterocycles. The zero-order valence-electron chi connectivity index (χ0n) is 13.9. The first-order chi connectivity index (χ1) is 10.3. The molecule has 4 nitrogen and oxygen atoms in total. The van der Waals surface area contributed by atoms with E-state index in [-0.39, 0.29) is 0 Å². The molecule has 0 spiro atoms. The van der Waals surface area contributed by atoms with Gasteiger partial charge in [0, 0.05) is 38.8 Å². The van der Waals surface area contributed by atoms with Crippen molar-refractivity contribution in [3.8, 4) is 0 Å². The van der Waals surface area contributed by atoms with Gasteiger partial charge in [0.2, 0.25) is 0 Å². The van der Waals surface area contributed by atoms with Crippen LogP contribution in [0.1, 0.15) is 32.6 Å². The summed E-state index contributed by atoms with van der Waals surface area (Å²) >= 11 is 0. The third-order valence-electron chi connectivity index (χ3n) is 5.90. The molecule has 3 aliphatic heterocycles. The number of piperidine rings is 2. The lowest BCUT2D eigenvalue weighted by atomic mass is 9.95. The van der Waals surface area contributed by atoms with Crippen LogP contribution in [0.25, 0.3) is 0 Å². The maximum Gasteiger partial charge on any atom is 0.0121 e. The minimum Gasteiger partial charge on any atom is -0.317 e. The van der Waals surface area contributed by atoms with Gasteiger partial charge >= 0.3 is 0 Å². The lowest BCUT2D eigenvalue weighted by Crippen LogP contribution is -2.53. The molecule has 21 heavy (non-hydrogen) atoms. The van der Waals surface area contributed by atoms with Crippen molar-refractivity contribution in [1.82, 2.24) is 20.0 Å². The minimum absolute atomic E-state index is 0.869. The Bertz CT molecular complexity index is 287. The van der Waals surface area contributed by atoms with Gasteiger partial charge < -0.3 is 15.1 Å². The average Bonchev–Trinajstić information content (AvgIpc) is 2.57. The fourth-order valence-electron chi connectivity index (χ4n) is 4.34. The van der Waals surface area contributed by atoms with Crippen LogP contribution < -0.4 is 5.32 Å². The fraction of sp³-hybridized carbons (Fsp3) is 1.00. The van der Waals surface area contributed by atoms with E-state index in [0.29, 0.717) is 0 Å². The molecular weight excluding hydrogens is 260 g/mol. The fourth-order valence-corrected chi connectivity index (χ4v) is 4.34. The summed E-state index contributed by atoms with van der Waals surface area (Å²) in [6.07, 6.45) is 5.58. The topological polar surface area (TPSA) is 21.8 Å². The van der Waals surface area contributed by atoms with Crippen molar-refractivity contribution in [2.24, 2.45) is 5.92 Å². The molecule has 0 saturated carbocycles. The van der Waals surface area contributed by atoms with Crippen LogP contribution in [0.2, 0.25) is 0 Å². The van der Waals surface area contributed by atoms with Gasteiger partial charge in [-0.1, -0.05) is 6.92 Å². The molecule has 0 amide bonds. The van der Waals surface area contributed by atoms with Crippen molar-refractivity contribution in [3.05, 3.63) is 0 Å². The van der Waals surface area contributed by atoms with Gasteiger partial charge in [0.1, 0.15) is 0 Å². The molecule has 0 aromatic rings. The summed E-state index contributed by atoms with van der Waals surface area (Å²) in [5, 5.41) is 3.48. The molecule has 3 saturated heterocycles. The molecule has 0 radical (unpaired) electrons. The molecule has 0 unspecified atom stereocenters. The number of nitrogens with zero attached hydrogens (tertiary/aromatic N) is 3. The van der Waals surface area contributed by atoms with E-state index in [2.05, 4.69) is 26.9 Å². The molecule has 0 bridgehead atoms. The zero-order chi connectivity index (χ0) is 14.5. The van der Waals surface area contributed by atoms with Gasteiger partial charge in [-0.25, -0.2) is 0 Å². The quantitative estimate of drug-likeness (QED) is 0.838. The molecule has 4 heteroatoms. The molecule has 0 aromatic carbocycles. The molecule has 0 aliphatic carbocycles. The lowest BCUT2D eigenvalue weighted by molar-refractivity contribution is 0.0557. The SMILES string of the molecule is CCN1CCN(C2CCN(CC3CCNCC3)CC2)CC1. The highest BCUT2D eigenvalue weighted by Crippen LogP contribution is 2.21. The molecule has 122 valence electrons. The van der Waals surface area contributed by atoms with Gasteiger partial charge in [0.05, 0.1) is 0 Å². The highest BCUT2D eigenvalue weighted by atomic mass is 15.3. The van der Waals surface area contributed by atoms with E-state index >= 15 is 0 Å². The highest BCUT2D eigenvalue weighted by molar-refractivity contribution is 4.84. The van der Waals surface area contributed by atoms with Gasteiger partial charge in [-0.3, -0.25) is 4.90 Å². The summed E-state index contributed by atoms with van der Waals surface area (Å²) < 4.78 is 0. The lowest BCUT2D eigenvalue weighted by Gasteiger charge is -2.43. The maximum atomic E-state index is 3.48. The molecule has 3 fully saturated rings. The van der Waals surface area contributed by atoms with Crippen LogP contribution in [0.3, 0.4) is 0 Å². The molecule has 0 aromatic heterocycles. The van der Waals surface area contributed by atoms with Crippen LogP contribution in [0.5, 0.6) is 0 Å². The Labute approximate surface area is 130 Å². The number of hydrogen-bond acceptors (Lipinski definition) is 4. The third-order valence-corrected chi connectivity index (χ3v) is 5.90. The van der Waals surface area contributed by atoms with Gasteiger partial charge in [0.25, 0.3) is 0 Å². The molecule has 0 atom stereocenters. The molecule has 3 rings (SSSR count). The van der Waals surface area contributed by atoms with E-state index in [1.54, 1.807) is 0 Å². The number of hydrogen-bond donors (Lipinski definition) is 1. The zero-order valence-corrected chi connectivity index (χ0v) is 13.9. The third kappa shape index (κ3) is 4.41.